The van der Waals surface area contributed by atoms with Gasteiger partial charge in [0.1, 0.15) is 0 Å². The predicted molar refractivity (Wildman–Crippen MR) is 65.0 cm³/mol. The van der Waals surface area contributed by atoms with Gasteiger partial charge >= 0.3 is 0 Å². The predicted octanol–water partition coefficient (Wildman–Crippen LogP) is 2.25. The Balaban J connectivity index is 4.66. The lowest BCUT2D eigenvalue weighted by atomic mass is 9.89. The molecule has 0 bridgehead atoms. The minimum absolute atomic E-state index is 0.183. The maximum absolute atomic E-state index is 10.3. The van der Waals surface area contributed by atoms with Crippen molar-refractivity contribution in [1.29, 1.82) is 0 Å². The number of aliphatic imine (C=N–C) groups is 3. The summed E-state index contributed by atoms with van der Waals surface area (Å²) < 4.78 is 0. The monoisotopic (exact) mass is 251 g/mol. The molecule has 0 rings (SSSR count). The van der Waals surface area contributed by atoms with Crippen LogP contribution in [0.3, 0.4) is 0 Å². The van der Waals surface area contributed by atoms with Crippen LogP contribution in [0.4, 0.5) is 0 Å². The van der Waals surface area contributed by atoms with Crippen LogP contribution in [0, 0.1) is 5.41 Å². The van der Waals surface area contributed by atoms with Crippen LogP contribution < -0.4 is 0 Å². The van der Waals surface area contributed by atoms with E-state index < -0.39 is 5.79 Å². The first-order chi connectivity index (χ1) is 8.39. The second kappa shape index (κ2) is 7.46. The van der Waals surface area contributed by atoms with Gasteiger partial charge in [-0.3, -0.25) is 0 Å². The fourth-order valence-corrected chi connectivity index (χ4v) is 1.48. The zero-order valence-electron chi connectivity index (χ0n) is 10.9. The Kier molecular flexibility index (Phi) is 6.69. The van der Waals surface area contributed by atoms with E-state index in [9.17, 15) is 14.4 Å². The molecule has 6 nitrogen and oxygen atoms in total. The summed E-state index contributed by atoms with van der Waals surface area (Å²) in [6.45, 7) is 6.32. The summed E-state index contributed by atoms with van der Waals surface area (Å²) in [5.41, 5.74) is 0.193. The molecule has 98 valence electrons. The molecule has 0 heterocycles. The van der Waals surface area contributed by atoms with Gasteiger partial charge in [0.25, 0.3) is 5.79 Å². The van der Waals surface area contributed by atoms with Crippen LogP contribution in [0.2, 0.25) is 0 Å². The van der Waals surface area contributed by atoms with Gasteiger partial charge in [-0.1, -0.05) is 27.2 Å². The van der Waals surface area contributed by atoms with Gasteiger partial charge in [-0.05, 0) is 18.3 Å². The van der Waals surface area contributed by atoms with Crippen molar-refractivity contribution in [2.45, 2.75) is 52.2 Å². The van der Waals surface area contributed by atoms with Crippen molar-refractivity contribution in [2.24, 2.45) is 20.4 Å². The van der Waals surface area contributed by atoms with E-state index in [1.807, 2.05) is 0 Å². The summed E-state index contributed by atoms with van der Waals surface area (Å²) in [7, 11) is 0. The lowest BCUT2D eigenvalue weighted by molar-refractivity contribution is 0.336. The van der Waals surface area contributed by atoms with Crippen LogP contribution in [0.5, 0.6) is 0 Å². The van der Waals surface area contributed by atoms with E-state index in [4.69, 9.17) is 0 Å². The SMILES string of the molecule is CC(C)(C)CCCCC(N=C=O)(N=C=O)N=C=O. The molecule has 6 heteroatoms. The highest BCUT2D eigenvalue weighted by molar-refractivity contribution is 5.42. The number of unbranched alkanes of at least 4 members (excludes halogenated alkanes) is 1. The van der Waals surface area contributed by atoms with Gasteiger partial charge in [0.2, 0.25) is 18.2 Å². The van der Waals surface area contributed by atoms with Crippen LogP contribution in [0.1, 0.15) is 46.5 Å². The number of carbonyl (C=O) groups excluding carboxylic acids is 3. The molecule has 0 fully saturated rings. The summed E-state index contributed by atoms with van der Waals surface area (Å²) in [5, 5.41) is 0. The average molecular weight is 251 g/mol. The summed E-state index contributed by atoms with van der Waals surface area (Å²) in [6.07, 6.45) is 6.41. The third kappa shape index (κ3) is 6.66. The molecule has 0 aromatic rings. The Morgan fingerprint density at radius 3 is 1.50 bits per heavy atom. The highest BCUT2D eigenvalue weighted by atomic mass is 16.1. The first-order valence-electron chi connectivity index (χ1n) is 5.66. The molecule has 0 radical (unpaired) electrons. The Morgan fingerprint density at radius 1 is 0.778 bits per heavy atom. The lowest BCUT2D eigenvalue weighted by Crippen LogP contribution is -2.20. The zero-order chi connectivity index (χ0) is 14.1. The quantitative estimate of drug-likeness (QED) is 0.395. The van der Waals surface area contributed by atoms with E-state index in [2.05, 4.69) is 35.7 Å². The molecule has 0 amide bonds. The molecule has 18 heavy (non-hydrogen) atoms. The van der Waals surface area contributed by atoms with E-state index in [0.29, 0.717) is 6.42 Å². The second-order valence-electron chi connectivity index (χ2n) is 5.15. The van der Waals surface area contributed by atoms with Crippen molar-refractivity contribution in [3.05, 3.63) is 0 Å². The summed E-state index contributed by atoms with van der Waals surface area (Å²) in [4.78, 5) is 40.8. The van der Waals surface area contributed by atoms with Crippen molar-refractivity contribution in [3.8, 4) is 0 Å². The topological polar surface area (TPSA) is 88.3 Å². The number of hydrogen-bond acceptors (Lipinski definition) is 6. The summed E-state index contributed by atoms with van der Waals surface area (Å²) in [5.74, 6) is -1.72. The van der Waals surface area contributed by atoms with E-state index in [0.717, 1.165) is 12.8 Å². The van der Waals surface area contributed by atoms with Crippen molar-refractivity contribution in [2.75, 3.05) is 0 Å². The van der Waals surface area contributed by atoms with E-state index >= 15 is 0 Å². The fraction of sp³-hybridized carbons (Fsp3) is 0.750. The molecular weight excluding hydrogens is 234 g/mol. The first kappa shape index (κ1) is 16.1. The molecule has 0 aliphatic rings. The van der Waals surface area contributed by atoms with Crippen LogP contribution >= 0.6 is 0 Å². The molecule has 0 aliphatic carbocycles. The van der Waals surface area contributed by atoms with Gasteiger partial charge in [-0.25, -0.2) is 14.4 Å². The largest absolute Gasteiger partial charge is 0.277 e. The smallest absolute Gasteiger partial charge is 0.211 e. The number of isocyanates is 3. The third-order valence-electron chi connectivity index (χ3n) is 2.36. The van der Waals surface area contributed by atoms with Crippen molar-refractivity contribution in [1.82, 2.24) is 0 Å². The van der Waals surface area contributed by atoms with Gasteiger partial charge in [-0.15, -0.1) is 0 Å². The van der Waals surface area contributed by atoms with Gasteiger partial charge in [0, 0.05) is 6.42 Å². The second-order valence-corrected chi connectivity index (χ2v) is 5.15. The summed E-state index contributed by atoms with van der Waals surface area (Å²) in [6, 6.07) is 0. The van der Waals surface area contributed by atoms with Crippen LogP contribution in [0.15, 0.2) is 15.0 Å². The number of hydrogen-bond donors (Lipinski definition) is 0. The molecule has 0 aromatic heterocycles. The molecule has 0 saturated carbocycles. The number of nitrogens with zero attached hydrogens (tertiary/aromatic N) is 3. The van der Waals surface area contributed by atoms with Crippen LogP contribution in [-0.4, -0.2) is 24.0 Å². The van der Waals surface area contributed by atoms with Crippen molar-refractivity contribution in [3.63, 3.8) is 0 Å². The van der Waals surface area contributed by atoms with E-state index in [1.54, 1.807) is 0 Å². The Bertz CT molecular complexity index is 361. The van der Waals surface area contributed by atoms with Gasteiger partial charge < -0.3 is 0 Å². The Hall–Kier alpha value is -1.86. The van der Waals surface area contributed by atoms with Gasteiger partial charge in [0.05, 0.1) is 0 Å². The number of rotatable bonds is 7. The fourth-order valence-electron chi connectivity index (χ4n) is 1.48. The highest BCUT2D eigenvalue weighted by Gasteiger charge is 2.28. The third-order valence-corrected chi connectivity index (χ3v) is 2.36. The van der Waals surface area contributed by atoms with Crippen molar-refractivity contribution >= 4 is 18.2 Å². The molecule has 0 N–H and O–H groups in total. The standard InChI is InChI=1S/C12H17N3O3/c1-11(2,3)6-4-5-7-12(13-8-16,14-9-17)15-10-18/h4-7H2,1-3H3. The van der Waals surface area contributed by atoms with Gasteiger partial charge in [0.15, 0.2) is 0 Å². The first-order valence-corrected chi connectivity index (χ1v) is 5.66. The van der Waals surface area contributed by atoms with Gasteiger partial charge in [-0.2, -0.15) is 15.0 Å². The maximum Gasteiger partial charge on any atom is 0.277 e. The summed E-state index contributed by atoms with van der Waals surface area (Å²) >= 11 is 0. The Morgan fingerprint density at radius 2 is 1.17 bits per heavy atom. The molecule has 0 aliphatic heterocycles. The zero-order valence-corrected chi connectivity index (χ0v) is 10.9. The maximum atomic E-state index is 10.3. The Labute approximate surface area is 106 Å². The highest BCUT2D eigenvalue weighted by Crippen LogP contribution is 2.26. The molecule has 0 unspecified atom stereocenters. The van der Waals surface area contributed by atoms with Crippen LogP contribution in [-0.2, 0) is 14.4 Å². The average Bonchev–Trinajstić information content (AvgIpc) is 2.24. The minimum Gasteiger partial charge on any atom is -0.211 e. The van der Waals surface area contributed by atoms with E-state index in [1.165, 1.54) is 18.2 Å². The minimum atomic E-state index is -1.72. The molecule has 0 atom stereocenters. The normalized spacial score (nSPS) is 13.5. The lowest BCUT2D eigenvalue weighted by Gasteiger charge is -2.19. The van der Waals surface area contributed by atoms with E-state index in [-0.39, 0.29) is 11.8 Å². The molecular formula is C12H17N3O3. The van der Waals surface area contributed by atoms with Crippen molar-refractivity contribution < 1.29 is 14.4 Å². The van der Waals surface area contributed by atoms with Crippen LogP contribution in [0.25, 0.3) is 0 Å². The molecule has 0 spiro atoms. The molecule has 0 saturated heterocycles. The molecule has 0 aromatic carbocycles.